The van der Waals surface area contributed by atoms with Gasteiger partial charge >= 0.3 is 0 Å². The number of nitrogen functional groups attached to an aromatic ring is 1. The van der Waals surface area contributed by atoms with Crippen molar-refractivity contribution in [2.75, 3.05) is 5.84 Å². The number of nitrogens with zero attached hydrogens (tertiary/aromatic N) is 1. The van der Waals surface area contributed by atoms with Crippen molar-refractivity contribution in [3.05, 3.63) is 46.5 Å². The van der Waals surface area contributed by atoms with Gasteiger partial charge in [0.25, 0.3) is 5.56 Å². The van der Waals surface area contributed by atoms with Gasteiger partial charge in [-0.05, 0) is 18.2 Å². The summed E-state index contributed by atoms with van der Waals surface area (Å²) in [5, 5.41) is 0.351. The van der Waals surface area contributed by atoms with Crippen molar-refractivity contribution >= 4 is 10.9 Å². The van der Waals surface area contributed by atoms with Gasteiger partial charge in [-0.3, -0.25) is 4.79 Å². The van der Waals surface area contributed by atoms with Crippen molar-refractivity contribution in [3.63, 3.8) is 0 Å². The summed E-state index contributed by atoms with van der Waals surface area (Å²) in [7, 11) is 0. The van der Waals surface area contributed by atoms with Crippen molar-refractivity contribution in [3.8, 4) is 0 Å². The Morgan fingerprint density at radius 2 is 2.00 bits per heavy atom. The van der Waals surface area contributed by atoms with Crippen molar-refractivity contribution in [2.24, 2.45) is 0 Å². The average Bonchev–Trinajstić information content (AvgIpc) is 2.12. The lowest BCUT2D eigenvalue weighted by molar-refractivity contribution is 0.639. The Morgan fingerprint density at radius 3 is 2.77 bits per heavy atom. The predicted octanol–water partition coefficient (Wildman–Crippen LogP) is 0.854. The van der Waals surface area contributed by atoms with Gasteiger partial charge in [0.15, 0.2) is 0 Å². The van der Waals surface area contributed by atoms with Gasteiger partial charge in [0.2, 0.25) is 0 Å². The van der Waals surface area contributed by atoms with E-state index in [-0.39, 0.29) is 11.4 Å². The molecule has 0 bridgehead atoms. The number of benzene rings is 1. The maximum absolute atomic E-state index is 13.1. The summed E-state index contributed by atoms with van der Waals surface area (Å²) in [4.78, 5) is 11.1. The molecular formula is C9H7FN2O. The Balaban J connectivity index is 3.03. The zero-order valence-corrected chi connectivity index (χ0v) is 6.70. The molecule has 0 atom stereocenters. The van der Waals surface area contributed by atoms with E-state index in [1.54, 1.807) is 6.07 Å². The van der Waals surface area contributed by atoms with E-state index in [4.69, 9.17) is 5.84 Å². The fourth-order valence-corrected chi connectivity index (χ4v) is 1.25. The van der Waals surface area contributed by atoms with Gasteiger partial charge in [0, 0.05) is 11.5 Å². The molecule has 1 aromatic heterocycles. The molecule has 0 saturated heterocycles. The van der Waals surface area contributed by atoms with Gasteiger partial charge in [-0.25, -0.2) is 9.07 Å². The minimum absolute atomic E-state index is 0.349. The van der Waals surface area contributed by atoms with E-state index >= 15 is 0 Å². The van der Waals surface area contributed by atoms with Crippen LogP contribution in [0.15, 0.2) is 35.1 Å². The molecule has 2 rings (SSSR count). The highest BCUT2D eigenvalue weighted by Gasteiger charge is 2.02. The fraction of sp³-hybridized carbons (Fsp3) is 0. The number of nitrogens with two attached hydrogens (primary N) is 1. The molecule has 0 saturated carbocycles. The highest BCUT2D eigenvalue weighted by molar-refractivity contribution is 5.79. The number of halogens is 1. The molecule has 2 aromatic rings. The van der Waals surface area contributed by atoms with Crippen LogP contribution in [0.1, 0.15) is 0 Å². The molecule has 0 aliphatic heterocycles. The third kappa shape index (κ3) is 1.07. The van der Waals surface area contributed by atoms with Crippen LogP contribution in [0.25, 0.3) is 10.9 Å². The van der Waals surface area contributed by atoms with Crippen LogP contribution in [0, 0.1) is 5.82 Å². The monoisotopic (exact) mass is 178 g/mol. The topological polar surface area (TPSA) is 48.0 Å². The molecule has 4 heteroatoms. The fourth-order valence-electron chi connectivity index (χ4n) is 1.25. The van der Waals surface area contributed by atoms with Crippen LogP contribution in [0.2, 0.25) is 0 Å². The van der Waals surface area contributed by atoms with Crippen LogP contribution < -0.4 is 11.4 Å². The Labute approximate surface area is 73.2 Å². The van der Waals surface area contributed by atoms with E-state index in [2.05, 4.69) is 0 Å². The summed E-state index contributed by atoms with van der Waals surface area (Å²) < 4.78 is 14.1. The van der Waals surface area contributed by atoms with Gasteiger partial charge in [-0.15, -0.1) is 0 Å². The normalized spacial score (nSPS) is 10.5. The van der Waals surface area contributed by atoms with Gasteiger partial charge in [-0.2, -0.15) is 0 Å². The lowest BCUT2D eigenvalue weighted by atomic mass is 10.2. The number of aromatic nitrogens is 1. The van der Waals surface area contributed by atoms with Crippen LogP contribution in [-0.4, -0.2) is 4.68 Å². The van der Waals surface area contributed by atoms with Crippen molar-refractivity contribution in [1.29, 1.82) is 0 Å². The number of hydrogen-bond donors (Lipinski definition) is 1. The molecule has 0 aliphatic carbocycles. The number of pyridine rings is 1. The zero-order chi connectivity index (χ0) is 9.42. The Kier molecular flexibility index (Phi) is 1.55. The lowest BCUT2D eigenvalue weighted by Crippen LogP contribution is -2.26. The molecule has 0 unspecified atom stereocenters. The maximum atomic E-state index is 13.1. The quantitative estimate of drug-likeness (QED) is 0.608. The van der Waals surface area contributed by atoms with Crippen LogP contribution in [0.5, 0.6) is 0 Å². The molecule has 66 valence electrons. The first-order valence-electron chi connectivity index (χ1n) is 3.75. The van der Waals surface area contributed by atoms with E-state index in [1.165, 1.54) is 24.3 Å². The van der Waals surface area contributed by atoms with Gasteiger partial charge < -0.3 is 5.84 Å². The van der Waals surface area contributed by atoms with E-state index in [0.717, 1.165) is 4.68 Å². The van der Waals surface area contributed by atoms with Gasteiger partial charge in [-0.1, -0.05) is 6.07 Å². The molecule has 3 nitrogen and oxygen atoms in total. The maximum Gasteiger partial charge on any atom is 0.269 e. The van der Waals surface area contributed by atoms with E-state index in [9.17, 15) is 9.18 Å². The Bertz CT molecular complexity index is 518. The van der Waals surface area contributed by atoms with Crippen molar-refractivity contribution in [1.82, 2.24) is 4.68 Å². The standard InChI is InChI=1S/C9H7FN2O/c10-7-2-1-3-8-6(7)4-5-9(13)12(8)11/h1-5H,11H2. The van der Waals surface area contributed by atoms with Crippen molar-refractivity contribution < 1.29 is 4.39 Å². The largest absolute Gasteiger partial charge is 0.336 e. The molecule has 0 fully saturated rings. The summed E-state index contributed by atoms with van der Waals surface area (Å²) in [6, 6.07) is 7.11. The minimum Gasteiger partial charge on any atom is -0.336 e. The second-order valence-electron chi connectivity index (χ2n) is 2.71. The van der Waals surface area contributed by atoms with Crippen LogP contribution in [0.3, 0.4) is 0 Å². The summed E-state index contributed by atoms with van der Waals surface area (Å²) >= 11 is 0. The predicted molar refractivity (Wildman–Crippen MR) is 48.3 cm³/mol. The van der Waals surface area contributed by atoms with Gasteiger partial charge in [0.05, 0.1) is 5.52 Å². The zero-order valence-electron chi connectivity index (χ0n) is 6.70. The van der Waals surface area contributed by atoms with Crippen LogP contribution in [0.4, 0.5) is 4.39 Å². The number of hydrogen-bond acceptors (Lipinski definition) is 2. The molecule has 1 aromatic carbocycles. The molecule has 1 heterocycles. The summed E-state index contributed by atoms with van der Waals surface area (Å²) in [6.45, 7) is 0. The van der Waals surface area contributed by atoms with Gasteiger partial charge in [0.1, 0.15) is 5.82 Å². The number of rotatable bonds is 0. The van der Waals surface area contributed by atoms with E-state index in [0.29, 0.717) is 10.9 Å². The molecular weight excluding hydrogens is 171 g/mol. The summed E-state index contributed by atoms with van der Waals surface area (Å²) in [5.74, 6) is 5.05. The SMILES string of the molecule is Nn1c(=O)ccc2c(F)cccc21. The smallest absolute Gasteiger partial charge is 0.269 e. The van der Waals surface area contributed by atoms with Crippen LogP contribution in [-0.2, 0) is 0 Å². The minimum atomic E-state index is -0.378. The molecule has 0 radical (unpaired) electrons. The first-order valence-corrected chi connectivity index (χ1v) is 3.75. The highest BCUT2D eigenvalue weighted by Crippen LogP contribution is 2.13. The van der Waals surface area contributed by atoms with E-state index < -0.39 is 0 Å². The van der Waals surface area contributed by atoms with Crippen LogP contribution >= 0.6 is 0 Å². The third-order valence-electron chi connectivity index (χ3n) is 1.92. The Morgan fingerprint density at radius 1 is 1.23 bits per heavy atom. The first-order chi connectivity index (χ1) is 6.20. The molecule has 13 heavy (non-hydrogen) atoms. The molecule has 0 amide bonds. The Hall–Kier alpha value is -1.84. The second-order valence-corrected chi connectivity index (χ2v) is 2.71. The highest BCUT2D eigenvalue weighted by atomic mass is 19.1. The molecule has 2 N–H and O–H groups in total. The number of fused-ring (bicyclic) bond motifs is 1. The lowest BCUT2D eigenvalue weighted by Gasteiger charge is -2.03. The third-order valence-corrected chi connectivity index (χ3v) is 1.92. The first kappa shape index (κ1) is 7.79. The average molecular weight is 178 g/mol. The molecule has 0 aliphatic rings. The molecule has 0 spiro atoms. The van der Waals surface area contributed by atoms with Crippen molar-refractivity contribution in [2.45, 2.75) is 0 Å². The van der Waals surface area contributed by atoms with E-state index in [1.807, 2.05) is 0 Å². The summed E-state index contributed by atoms with van der Waals surface area (Å²) in [5.41, 5.74) is 0.0469. The second kappa shape index (κ2) is 2.58. The summed E-state index contributed by atoms with van der Waals surface area (Å²) in [6.07, 6.45) is 0.